The van der Waals surface area contributed by atoms with Gasteiger partial charge >= 0.3 is 0 Å². The predicted molar refractivity (Wildman–Crippen MR) is 79.7 cm³/mol. The Morgan fingerprint density at radius 1 is 1.38 bits per heavy atom. The lowest BCUT2D eigenvalue weighted by Gasteiger charge is -2.49. The van der Waals surface area contributed by atoms with Gasteiger partial charge in [-0.2, -0.15) is 5.10 Å². The molecule has 0 spiro atoms. The second kappa shape index (κ2) is 5.00. The number of nitrogens with zero attached hydrogens (tertiary/aromatic N) is 1. The summed E-state index contributed by atoms with van der Waals surface area (Å²) in [6.45, 7) is 3.91. The highest BCUT2D eigenvalue weighted by Crippen LogP contribution is 2.40. The number of amides is 1. The molecule has 5 heteroatoms. The number of hydrogen-bond donors (Lipinski definition) is 3. The van der Waals surface area contributed by atoms with Crippen molar-refractivity contribution in [2.45, 2.75) is 32.4 Å². The SMILES string of the molecule is CC1(C)C(O)CC1NC(=O)c1cc(-c2ccccc2)n[nH]1. The first-order chi connectivity index (χ1) is 9.98. The Labute approximate surface area is 123 Å². The number of carbonyl (C=O) groups excluding carboxylic acids is 1. The maximum Gasteiger partial charge on any atom is 0.269 e. The summed E-state index contributed by atoms with van der Waals surface area (Å²) in [5.74, 6) is -0.186. The molecule has 1 fully saturated rings. The highest BCUT2D eigenvalue weighted by molar-refractivity contribution is 5.93. The summed E-state index contributed by atoms with van der Waals surface area (Å²) in [5, 5.41) is 19.6. The largest absolute Gasteiger partial charge is 0.392 e. The van der Waals surface area contributed by atoms with Crippen LogP contribution in [0.3, 0.4) is 0 Å². The van der Waals surface area contributed by atoms with Gasteiger partial charge in [-0.1, -0.05) is 44.2 Å². The van der Waals surface area contributed by atoms with E-state index in [4.69, 9.17) is 0 Å². The van der Waals surface area contributed by atoms with E-state index >= 15 is 0 Å². The van der Waals surface area contributed by atoms with E-state index in [1.807, 2.05) is 44.2 Å². The van der Waals surface area contributed by atoms with Crippen molar-refractivity contribution in [1.82, 2.24) is 15.5 Å². The van der Waals surface area contributed by atoms with Crippen molar-refractivity contribution in [3.05, 3.63) is 42.1 Å². The maximum absolute atomic E-state index is 12.2. The zero-order valence-corrected chi connectivity index (χ0v) is 12.1. The third-order valence-electron chi connectivity index (χ3n) is 4.41. The van der Waals surface area contributed by atoms with Crippen LogP contribution in [0.2, 0.25) is 0 Å². The number of benzene rings is 1. The number of aliphatic hydroxyl groups is 1. The van der Waals surface area contributed by atoms with Crippen LogP contribution in [-0.4, -0.2) is 33.4 Å². The van der Waals surface area contributed by atoms with E-state index in [0.717, 1.165) is 11.3 Å². The fraction of sp³-hybridized carbons (Fsp3) is 0.375. The molecule has 1 heterocycles. The number of aromatic amines is 1. The van der Waals surface area contributed by atoms with Gasteiger partial charge in [-0.05, 0) is 12.5 Å². The molecule has 1 saturated carbocycles. The minimum atomic E-state index is -0.357. The first-order valence-corrected chi connectivity index (χ1v) is 7.08. The van der Waals surface area contributed by atoms with Crippen LogP contribution < -0.4 is 5.32 Å². The second-order valence-electron chi connectivity index (χ2n) is 6.13. The molecule has 0 aliphatic heterocycles. The highest BCUT2D eigenvalue weighted by atomic mass is 16.3. The van der Waals surface area contributed by atoms with E-state index in [0.29, 0.717) is 12.1 Å². The molecule has 3 rings (SSSR count). The van der Waals surface area contributed by atoms with Crippen LogP contribution in [0.5, 0.6) is 0 Å². The molecule has 1 aliphatic rings. The van der Waals surface area contributed by atoms with E-state index in [-0.39, 0.29) is 23.5 Å². The number of rotatable bonds is 3. The van der Waals surface area contributed by atoms with Crippen LogP contribution in [0.15, 0.2) is 36.4 Å². The normalized spacial score (nSPS) is 23.4. The Morgan fingerprint density at radius 3 is 2.71 bits per heavy atom. The van der Waals surface area contributed by atoms with Crippen molar-refractivity contribution in [2.24, 2.45) is 5.41 Å². The van der Waals surface area contributed by atoms with Crippen LogP contribution in [0.4, 0.5) is 0 Å². The van der Waals surface area contributed by atoms with Gasteiger partial charge in [0.2, 0.25) is 0 Å². The quantitative estimate of drug-likeness (QED) is 0.806. The summed E-state index contributed by atoms with van der Waals surface area (Å²) in [5.41, 5.74) is 1.87. The Morgan fingerprint density at radius 2 is 2.10 bits per heavy atom. The van der Waals surface area contributed by atoms with Gasteiger partial charge in [-0.3, -0.25) is 9.89 Å². The van der Waals surface area contributed by atoms with E-state index in [1.165, 1.54) is 0 Å². The fourth-order valence-electron chi connectivity index (χ4n) is 2.58. The van der Waals surface area contributed by atoms with Gasteiger partial charge < -0.3 is 10.4 Å². The molecule has 5 nitrogen and oxygen atoms in total. The number of nitrogens with one attached hydrogen (secondary N) is 2. The molecule has 2 atom stereocenters. The lowest BCUT2D eigenvalue weighted by molar-refractivity contribution is -0.0690. The molecule has 1 amide bonds. The summed E-state index contributed by atoms with van der Waals surface area (Å²) in [6.07, 6.45) is 0.239. The summed E-state index contributed by atoms with van der Waals surface area (Å²) in [6, 6.07) is 11.4. The van der Waals surface area contributed by atoms with Gasteiger partial charge in [0.25, 0.3) is 5.91 Å². The molecule has 3 N–H and O–H groups in total. The molecule has 110 valence electrons. The number of hydrogen-bond acceptors (Lipinski definition) is 3. The van der Waals surface area contributed by atoms with Crippen LogP contribution in [-0.2, 0) is 0 Å². The summed E-state index contributed by atoms with van der Waals surface area (Å²) in [7, 11) is 0. The minimum absolute atomic E-state index is 0.0107. The van der Waals surface area contributed by atoms with Crippen molar-refractivity contribution < 1.29 is 9.90 Å². The molecular weight excluding hydrogens is 266 g/mol. The zero-order valence-electron chi connectivity index (χ0n) is 12.1. The van der Waals surface area contributed by atoms with E-state index in [2.05, 4.69) is 15.5 Å². The second-order valence-corrected chi connectivity index (χ2v) is 6.13. The maximum atomic E-state index is 12.2. The molecular formula is C16H19N3O2. The van der Waals surface area contributed by atoms with Gasteiger partial charge in [-0.15, -0.1) is 0 Å². The molecule has 2 unspecified atom stereocenters. The molecule has 0 radical (unpaired) electrons. The van der Waals surface area contributed by atoms with E-state index in [1.54, 1.807) is 6.07 Å². The topological polar surface area (TPSA) is 78.0 Å². The summed E-state index contributed by atoms with van der Waals surface area (Å²) in [4.78, 5) is 12.2. The Kier molecular flexibility index (Phi) is 3.29. The predicted octanol–water partition coefficient (Wildman–Crippen LogP) is 1.97. The van der Waals surface area contributed by atoms with Gasteiger partial charge in [0.15, 0.2) is 0 Å². The van der Waals surface area contributed by atoms with Gasteiger partial charge in [0, 0.05) is 17.0 Å². The van der Waals surface area contributed by atoms with Crippen LogP contribution in [0, 0.1) is 5.41 Å². The number of carbonyl (C=O) groups is 1. The Hall–Kier alpha value is -2.14. The first kappa shape index (κ1) is 13.8. The summed E-state index contributed by atoms with van der Waals surface area (Å²) >= 11 is 0. The molecule has 1 aromatic carbocycles. The average molecular weight is 285 g/mol. The van der Waals surface area contributed by atoms with Crippen LogP contribution in [0.25, 0.3) is 11.3 Å². The van der Waals surface area contributed by atoms with Gasteiger partial charge in [0.05, 0.1) is 11.8 Å². The average Bonchev–Trinajstić information content (AvgIpc) is 2.98. The number of aliphatic hydroxyl groups excluding tert-OH is 1. The van der Waals surface area contributed by atoms with Gasteiger partial charge in [-0.25, -0.2) is 0 Å². The van der Waals surface area contributed by atoms with Crippen molar-refractivity contribution >= 4 is 5.91 Å². The number of aromatic nitrogens is 2. The molecule has 1 aliphatic carbocycles. The standard InChI is InChI=1S/C16H19N3O2/c1-16(2)13(9-14(16)20)17-15(21)12-8-11(18-19-12)10-6-4-3-5-7-10/h3-8,13-14,20H,9H2,1-2H3,(H,17,21)(H,18,19). The Balaban J connectivity index is 1.71. The lowest BCUT2D eigenvalue weighted by atomic mass is 9.64. The van der Waals surface area contributed by atoms with Crippen LogP contribution >= 0.6 is 0 Å². The Bertz CT molecular complexity index is 649. The third-order valence-corrected chi connectivity index (χ3v) is 4.41. The monoisotopic (exact) mass is 285 g/mol. The number of H-pyrrole nitrogens is 1. The lowest BCUT2D eigenvalue weighted by Crippen LogP contribution is -2.61. The summed E-state index contributed by atoms with van der Waals surface area (Å²) < 4.78 is 0. The van der Waals surface area contributed by atoms with Crippen molar-refractivity contribution in [3.63, 3.8) is 0 Å². The van der Waals surface area contributed by atoms with Crippen molar-refractivity contribution in [2.75, 3.05) is 0 Å². The zero-order chi connectivity index (χ0) is 15.0. The third kappa shape index (κ3) is 2.45. The molecule has 1 aromatic heterocycles. The highest BCUT2D eigenvalue weighted by Gasteiger charge is 2.48. The van der Waals surface area contributed by atoms with Crippen molar-refractivity contribution in [3.8, 4) is 11.3 Å². The van der Waals surface area contributed by atoms with Gasteiger partial charge in [0.1, 0.15) is 5.69 Å². The van der Waals surface area contributed by atoms with Crippen molar-refractivity contribution in [1.29, 1.82) is 0 Å². The van der Waals surface area contributed by atoms with E-state index in [9.17, 15) is 9.90 Å². The smallest absolute Gasteiger partial charge is 0.269 e. The van der Waals surface area contributed by atoms with Crippen LogP contribution in [0.1, 0.15) is 30.8 Å². The molecule has 0 bridgehead atoms. The molecule has 2 aromatic rings. The van der Waals surface area contributed by atoms with E-state index < -0.39 is 0 Å². The minimum Gasteiger partial charge on any atom is -0.392 e. The molecule has 21 heavy (non-hydrogen) atoms. The fourth-order valence-corrected chi connectivity index (χ4v) is 2.58. The molecule has 0 saturated heterocycles. The first-order valence-electron chi connectivity index (χ1n) is 7.08.